The number of nitrogens with zero attached hydrogens (tertiary/aromatic N) is 2. The molecule has 0 fully saturated rings. The zero-order valence-electron chi connectivity index (χ0n) is 10.8. The predicted octanol–water partition coefficient (Wildman–Crippen LogP) is 3.18. The van der Waals surface area contributed by atoms with Gasteiger partial charge in [0.1, 0.15) is 0 Å². The maximum Gasteiger partial charge on any atom is 0.275 e. The van der Waals surface area contributed by atoms with Crippen LogP contribution in [0.4, 0.5) is 5.69 Å². The fraction of sp³-hybridized carbons (Fsp3) is 0.308. The number of aromatic nitrogens is 1. The molecule has 0 spiro atoms. The molecule has 0 radical (unpaired) electrons. The Morgan fingerprint density at radius 3 is 2.85 bits per heavy atom. The summed E-state index contributed by atoms with van der Waals surface area (Å²) in [6.45, 7) is 2.53. The lowest BCUT2D eigenvalue weighted by molar-refractivity contribution is 0.545. The summed E-state index contributed by atoms with van der Waals surface area (Å²) >= 11 is 6.75. The molecular formula is C13H13ClN2O2S2. The summed E-state index contributed by atoms with van der Waals surface area (Å²) in [5.74, 6) is 0.281. The highest BCUT2D eigenvalue weighted by molar-refractivity contribution is 7.94. The molecule has 0 bridgehead atoms. The van der Waals surface area contributed by atoms with Crippen LogP contribution < -0.4 is 4.31 Å². The van der Waals surface area contributed by atoms with E-state index in [0.717, 1.165) is 29.0 Å². The number of rotatable bonds is 2. The van der Waals surface area contributed by atoms with Gasteiger partial charge in [0.05, 0.1) is 11.9 Å². The van der Waals surface area contributed by atoms with Crippen molar-refractivity contribution in [1.29, 1.82) is 0 Å². The van der Waals surface area contributed by atoms with Crippen LogP contribution in [-0.4, -0.2) is 19.9 Å². The first-order valence-corrected chi connectivity index (χ1v) is 8.84. The molecule has 106 valence electrons. The number of thiazole rings is 1. The molecule has 3 rings (SSSR count). The summed E-state index contributed by atoms with van der Waals surface area (Å²) in [6.07, 6.45) is 2.22. The first-order chi connectivity index (χ1) is 9.48. The van der Waals surface area contributed by atoms with Crippen LogP contribution in [0.3, 0.4) is 0 Å². The van der Waals surface area contributed by atoms with Crippen molar-refractivity contribution in [2.75, 3.05) is 10.8 Å². The van der Waals surface area contributed by atoms with Crippen LogP contribution in [0.2, 0.25) is 4.47 Å². The number of sulfonamides is 1. The molecule has 4 nitrogen and oxygen atoms in total. The average molecular weight is 329 g/mol. The summed E-state index contributed by atoms with van der Waals surface area (Å²) < 4.78 is 27.4. The van der Waals surface area contributed by atoms with Crippen LogP contribution in [0.25, 0.3) is 0 Å². The maximum atomic E-state index is 12.7. The SMILES string of the molecule is CC1Cc2ccccc2N(S(=O)(=O)c2cnc(Cl)s2)C1. The number of hydrogen-bond acceptors (Lipinski definition) is 4. The minimum absolute atomic E-state index is 0.186. The fourth-order valence-corrected chi connectivity index (χ4v) is 5.47. The third-order valence-corrected chi connectivity index (χ3v) is 6.64. The molecule has 2 aromatic rings. The number of para-hydroxylation sites is 1. The van der Waals surface area contributed by atoms with Crippen LogP contribution in [-0.2, 0) is 16.4 Å². The quantitative estimate of drug-likeness (QED) is 0.850. The fourth-order valence-electron chi connectivity index (χ4n) is 2.44. The maximum absolute atomic E-state index is 12.7. The van der Waals surface area contributed by atoms with E-state index in [2.05, 4.69) is 11.9 Å². The average Bonchev–Trinajstić information content (AvgIpc) is 2.85. The highest BCUT2D eigenvalue weighted by Gasteiger charge is 2.32. The largest absolute Gasteiger partial charge is 0.275 e. The lowest BCUT2D eigenvalue weighted by Gasteiger charge is -2.33. The molecule has 7 heteroatoms. The zero-order chi connectivity index (χ0) is 14.3. The molecule has 2 heterocycles. The summed E-state index contributed by atoms with van der Waals surface area (Å²) in [7, 11) is -3.58. The van der Waals surface area contributed by atoms with E-state index in [1.165, 1.54) is 10.5 Å². The van der Waals surface area contributed by atoms with Crippen molar-refractivity contribution in [2.45, 2.75) is 17.6 Å². The summed E-state index contributed by atoms with van der Waals surface area (Å²) in [5, 5.41) is 0. The van der Waals surface area contributed by atoms with Gasteiger partial charge >= 0.3 is 0 Å². The molecule has 0 aliphatic carbocycles. The normalized spacial score (nSPS) is 18.9. The molecule has 20 heavy (non-hydrogen) atoms. The van der Waals surface area contributed by atoms with Gasteiger partial charge in [-0.2, -0.15) is 0 Å². The molecule has 1 aromatic heterocycles. The lowest BCUT2D eigenvalue weighted by atomic mass is 9.96. The second-order valence-electron chi connectivity index (χ2n) is 4.91. The van der Waals surface area contributed by atoms with Gasteiger partial charge < -0.3 is 0 Å². The first kappa shape index (κ1) is 13.9. The van der Waals surface area contributed by atoms with E-state index in [0.29, 0.717) is 6.54 Å². The molecule has 0 saturated carbocycles. The van der Waals surface area contributed by atoms with Crippen LogP contribution in [0.5, 0.6) is 0 Å². The van der Waals surface area contributed by atoms with Gasteiger partial charge in [0.2, 0.25) is 0 Å². The van der Waals surface area contributed by atoms with Gasteiger partial charge in [-0.1, -0.05) is 48.1 Å². The van der Waals surface area contributed by atoms with E-state index in [1.54, 1.807) is 0 Å². The monoisotopic (exact) mass is 328 g/mol. The second kappa shape index (κ2) is 5.02. The van der Waals surface area contributed by atoms with Gasteiger partial charge in [-0.25, -0.2) is 13.4 Å². The van der Waals surface area contributed by atoms with Crippen molar-refractivity contribution in [2.24, 2.45) is 5.92 Å². The summed E-state index contributed by atoms with van der Waals surface area (Å²) in [6, 6.07) is 7.62. The molecule has 1 atom stereocenters. The van der Waals surface area contributed by atoms with Gasteiger partial charge in [-0.3, -0.25) is 4.31 Å². The Morgan fingerprint density at radius 2 is 2.15 bits per heavy atom. The van der Waals surface area contributed by atoms with Crippen molar-refractivity contribution in [3.05, 3.63) is 40.5 Å². The van der Waals surface area contributed by atoms with E-state index in [9.17, 15) is 8.42 Å². The van der Waals surface area contributed by atoms with E-state index in [4.69, 9.17) is 11.6 Å². The Labute approximate surface area is 127 Å². The van der Waals surface area contributed by atoms with Crippen LogP contribution in [0.15, 0.2) is 34.7 Å². The second-order valence-corrected chi connectivity index (χ2v) is 8.61. The number of benzene rings is 1. The van der Waals surface area contributed by atoms with Gasteiger partial charge in [0.25, 0.3) is 10.0 Å². The Kier molecular flexibility index (Phi) is 3.48. The minimum Gasteiger partial charge on any atom is -0.265 e. The molecular weight excluding hydrogens is 316 g/mol. The van der Waals surface area contributed by atoms with Crippen molar-refractivity contribution in [1.82, 2.24) is 4.98 Å². The molecule has 1 aliphatic rings. The molecule has 1 aliphatic heterocycles. The van der Waals surface area contributed by atoms with Crippen molar-refractivity contribution in [3.63, 3.8) is 0 Å². The Hall–Kier alpha value is -1.11. The number of fused-ring (bicyclic) bond motifs is 1. The summed E-state index contributed by atoms with van der Waals surface area (Å²) in [5.41, 5.74) is 1.82. The van der Waals surface area contributed by atoms with Gasteiger partial charge in [-0.05, 0) is 24.0 Å². The third-order valence-electron chi connectivity index (χ3n) is 3.31. The van der Waals surface area contributed by atoms with Crippen molar-refractivity contribution < 1.29 is 8.42 Å². The number of hydrogen-bond donors (Lipinski definition) is 0. The van der Waals surface area contributed by atoms with Crippen LogP contribution in [0, 0.1) is 5.92 Å². The molecule has 1 unspecified atom stereocenters. The van der Waals surface area contributed by atoms with E-state index in [1.807, 2.05) is 24.3 Å². The van der Waals surface area contributed by atoms with Gasteiger partial charge in [-0.15, -0.1) is 0 Å². The lowest BCUT2D eigenvalue weighted by Crippen LogP contribution is -2.38. The standard InChI is InChI=1S/C13H13ClN2O2S2/c1-9-6-10-4-2-3-5-11(10)16(8-9)20(17,18)12-7-15-13(14)19-12/h2-5,7,9H,6,8H2,1H3. The molecule has 0 amide bonds. The highest BCUT2D eigenvalue weighted by Crippen LogP contribution is 2.35. The molecule has 0 N–H and O–H groups in total. The van der Waals surface area contributed by atoms with Crippen molar-refractivity contribution in [3.8, 4) is 0 Å². The Morgan fingerprint density at radius 1 is 1.40 bits per heavy atom. The third kappa shape index (κ3) is 2.32. The number of halogens is 1. The molecule has 1 aromatic carbocycles. The highest BCUT2D eigenvalue weighted by atomic mass is 35.5. The molecule has 0 saturated heterocycles. The Bertz CT molecular complexity index is 742. The van der Waals surface area contributed by atoms with Gasteiger partial charge in [0, 0.05) is 6.54 Å². The van der Waals surface area contributed by atoms with E-state index >= 15 is 0 Å². The van der Waals surface area contributed by atoms with Crippen LogP contribution in [0.1, 0.15) is 12.5 Å². The Balaban J connectivity index is 2.10. The van der Waals surface area contributed by atoms with Crippen LogP contribution >= 0.6 is 22.9 Å². The smallest absolute Gasteiger partial charge is 0.265 e. The van der Waals surface area contributed by atoms with Gasteiger partial charge in [0.15, 0.2) is 8.68 Å². The van der Waals surface area contributed by atoms with E-state index in [-0.39, 0.29) is 14.6 Å². The predicted molar refractivity (Wildman–Crippen MR) is 81.0 cm³/mol. The van der Waals surface area contributed by atoms with E-state index < -0.39 is 10.0 Å². The zero-order valence-corrected chi connectivity index (χ0v) is 13.2. The topological polar surface area (TPSA) is 50.3 Å². The summed E-state index contributed by atoms with van der Waals surface area (Å²) in [4.78, 5) is 3.83. The van der Waals surface area contributed by atoms with Crippen molar-refractivity contribution >= 4 is 38.6 Å². The number of anilines is 1. The first-order valence-electron chi connectivity index (χ1n) is 6.20. The minimum atomic E-state index is -3.58.